The minimum Gasteiger partial charge on any atom is -0.368 e. The Morgan fingerprint density at radius 1 is 1.44 bits per heavy atom. The van der Waals surface area contributed by atoms with Crippen LogP contribution in [0.1, 0.15) is 23.2 Å². The number of halogens is 1. The molecule has 1 unspecified atom stereocenters. The summed E-state index contributed by atoms with van der Waals surface area (Å²) in [4.78, 5) is 12.5. The first-order valence-electron chi connectivity index (χ1n) is 8.59. The molecule has 1 fully saturated rings. The van der Waals surface area contributed by atoms with Crippen LogP contribution in [-0.4, -0.2) is 37.1 Å². The highest BCUT2D eigenvalue weighted by Gasteiger charge is 2.24. The molecule has 2 heterocycles. The standard InChI is InChI=1S/C18H24BrN5S/c1-3-14-10-21-17(25-14)11-22-18(20-2)23-13-8-9-24(12-13)16-7-5-4-6-15(16)19/h4-7,10,13H,3,8-9,11-12H2,1-2H3,(H2,20,22,23). The van der Waals surface area contributed by atoms with Crippen LogP contribution in [0.2, 0.25) is 0 Å². The molecular formula is C18H24BrN5S. The van der Waals surface area contributed by atoms with Crippen LogP contribution in [0.25, 0.3) is 0 Å². The largest absolute Gasteiger partial charge is 0.368 e. The number of hydrogen-bond donors (Lipinski definition) is 2. The van der Waals surface area contributed by atoms with Crippen molar-refractivity contribution in [2.75, 3.05) is 25.0 Å². The molecular weight excluding hydrogens is 398 g/mol. The van der Waals surface area contributed by atoms with Gasteiger partial charge in [-0.2, -0.15) is 0 Å². The van der Waals surface area contributed by atoms with E-state index in [1.807, 2.05) is 19.3 Å². The molecule has 1 aromatic heterocycles. The van der Waals surface area contributed by atoms with Gasteiger partial charge in [0.15, 0.2) is 5.96 Å². The predicted octanol–water partition coefficient (Wildman–Crippen LogP) is 3.41. The zero-order valence-electron chi connectivity index (χ0n) is 14.6. The molecule has 0 saturated carbocycles. The highest BCUT2D eigenvalue weighted by Crippen LogP contribution is 2.28. The summed E-state index contributed by atoms with van der Waals surface area (Å²) < 4.78 is 1.15. The van der Waals surface area contributed by atoms with Crippen LogP contribution in [0.15, 0.2) is 39.9 Å². The number of para-hydroxylation sites is 1. The zero-order valence-corrected chi connectivity index (χ0v) is 17.0. The summed E-state index contributed by atoms with van der Waals surface area (Å²) in [5, 5.41) is 8.01. The molecule has 2 aromatic rings. The molecule has 1 aliphatic rings. The van der Waals surface area contributed by atoms with E-state index < -0.39 is 0 Å². The number of benzene rings is 1. The lowest BCUT2D eigenvalue weighted by atomic mass is 10.3. The number of nitrogens with zero attached hydrogens (tertiary/aromatic N) is 3. The second-order valence-corrected chi connectivity index (χ2v) is 8.08. The van der Waals surface area contributed by atoms with E-state index in [1.165, 1.54) is 10.6 Å². The fourth-order valence-electron chi connectivity index (χ4n) is 2.95. The Balaban J connectivity index is 1.52. The average molecular weight is 422 g/mol. The van der Waals surface area contributed by atoms with Crippen LogP contribution >= 0.6 is 27.3 Å². The second kappa shape index (κ2) is 8.67. The van der Waals surface area contributed by atoms with Gasteiger partial charge in [-0.25, -0.2) is 4.98 Å². The molecule has 3 rings (SSSR count). The van der Waals surface area contributed by atoms with Crippen molar-refractivity contribution in [2.24, 2.45) is 4.99 Å². The summed E-state index contributed by atoms with van der Waals surface area (Å²) in [7, 11) is 1.81. The van der Waals surface area contributed by atoms with Crippen molar-refractivity contribution in [1.82, 2.24) is 15.6 Å². The van der Waals surface area contributed by atoms with Gasteiger partial charge in [0, 0.05) is 41.7 Å². The Morgan fingerprint density at radius 3 is 3.00 bits per heavy atom. The second-order valence-electron chi connectivity index (χ2n) is 6.03. The van der Waals surface area contributed by atoms with Crippen molar-refractivity contribution in [1.29, 1.82) is 0 Å². The fraction of sp³-hybridized carbons (Fsp3) is 0.444. The topological polar surface area (TPSA) is 52.6 Å². The number of nitrogens with one attached hydrogen (secondary N) is 2. The molecule has 0 bridgehead atoms. The predicted molar refractivity (Wildman–Crippen MR) is 110 cm³/mol. The van der Waals surface area contributed by atoms with Crippen molar-refractivity contribution >= 4 is 38.9 Å². The van der Waals surface area contributed by atoms with Gasteiger partial charge in [-0.15, -0.1) is 11.3 Å². The van der Waals surface area contributed by atoms with Crippen LogP contribution in [0, 0.1) is 0 Å². The van der Waals surface area contributed by atoms with Crippen molar-refractivity contribution in [2.45, 2.75) is 32.4 Å². The maximum Gasteiger partial charge on any atom is 0.191 e. The van der Waals surface area contributed by atoms with Crippen molar-refractivity contribution in [3.8, 4) is 0 Å². The van der Waals surface area contributed by atoms with Gasteiger partial charge in [-0.1, -0.05) is 19.1 Å². The number of thiazole rings is 1. The first-order valence-corrected chi connectivity index (χ1v) is 10.2. The molecule has 1 aliphatic heterocycles. The molecule has 1 atom stereocenters. The first kappa shape index (κ1) is 18.2. The quantitative estimate of drug-likeness (QED) is 0.573. The number of aryl methyl sites for hydroxylation is 1. The molecule has 2 N–H and O–H groups in total. The normalized spacial score (nSPS) is 17.8. The third-order valence-electron chi connectivity index (χ3n) is 4.30. The van der Waals surface area contributed by atoms with Crippen LogP contribution in [0.3, 0.4) is 0 Å². The Bertz CT molecular complexity index is 730. The van der Waals surface area contributed by atoms with Gasteiger partial charge >= 0.3 is 0 Å². The van der Waals surface area contributed by atoms with E-state index in [0.717, 1.165) is 41.4 Å². The molecule has 25 heavy (non-hydrogen) atoms. The highest BCUT2D eigenvalue weighted by atomic mass is 79.9. The molecule has 1 aromatic carbocycles. The smallest absolute Gasteiger partial charge is 0.191 e. The molecule has 0 amide bonds. The van der Waals surface area contributed by atoms with E-state index in [1.54, 1.807) is 11.3 Å². The number of anilines is 1. The molecule has 5 nitrogen and oxygen atoms in total. The lowest BCUT2D eigenvalue weighted by molar-refractivity contribution is 0.648. The summed E-state index contributed by atoms with van der Waals surface area (Å²) >= 11 is 5.40. The monoisotopic (exact) mass is 421 g/mol. The number of rotatable bonds is 5. The van der Waals surface area contributed by atoms with Crippen LogP contribution in [0.5, 0.6) is 0 Å². The van der Waals surface area contributed by atoms with E-state index in [2.05, 4.69) is 66.6 Å². The lowest BCUT2D eigenvalue weighted by Gasteiger charge is -2.21. The Morgan fingerprint density at radius 2 is 2.28 bits per heavy atom. The summed E-state index contributed by atoms with van der Waals surface area (Å²) in [5.74, 6) is 0.840. The lowest BCUT2D eigenvalue weighted by Crippen LogP contribution is -2.44. The molecule has 0 radical (unpaired) electrons. The maximum absolute atomic E-state index is 4.45. The maximum atomic E-state index is 4.45. The molecule has 0 aliphatic carbocycles. The van der Waals surface area contributed by atoms with E-state index in [4.69, 9.17) is 0 Å². The minimum absolute atomic E-state index is 0.390. The Hall–Kier alpha value is -1.60. The van der Waals surface area contributed by atoms with Gasteiger partial charge in [0.1, 0.15) is 5.01 Å². The van der Waals surface area contributed by atoms with Gasteiger partial charge < -0.3 is 15.5 Å². The van der Waals surface area contributed by atoms with Gasteiger partial charge in [0.25, 0.3) is 0 Å². The Labute approximate surface area is 161 Å². The minimum atomic E-state index is 0.390. The van der Waals surface area contributed by atoms with E-state index in [-0.39, 0.29) is 0 Å². The number of aromatic nitrogens is 1. The fourth-order valence-corrected chi connectivity index (χ4v) is 4.28. The number of hydrogen-bond acceptors (Lipinski definition) is 4. The van der Waals surface area contributed by atoms with Gasteiger partial charge in [-0.3, -0.25) is 4.99 Å². The third kappa shape index (κ3) is 4.73. The highest BCUT2D eigenvalue weighted by molar-refractivity contribution is 9.10. The van der Waals surface area contributed by atoms with E-state index in [9.17, 15) is 0 Å². The number of aliphatic imine (C=N–C) groups is 1. The van der Waals surface area contributed by atoms with E-state index in [0.29, 0.717) is 12.6 Å². The van der Waals surface area contributed by atoms with Crippen molar-refractivity contribution in [3.05, 3.63) is 44.8 Å². The summed E-state index contributed by atoms with van der Waals surface area (Å²) in [6.45, 7) is 4.89. The first-order chi connectivity index (χ1) is 12.2. The van der Waals surface area contributed by atoms with Gasteiger partial charge in [-0.05, 0) is 40.9 Å². The van der Waals surface area contributed by atoms with Crippen molar-refractivity contribution in [3.63, 3.8) is 0 Å². The van der Waals surface area contributed by atoms with Crippen LogP contribution < -0.4 is 15.5 Å². The van der Waals surface area contributed by atoms with Gasteiger partial charge in [0.05, 0.1) is 12.2 Å². The SMILES string of the molecule is CCc1cnc(CNC(=NC)NC2CCN(c3ccccc3Br)C2)s1. The summed E-state index contributed by atoms with van der Waals surface area (Å²) in [6.07, 6.45) is 4.10. The van der Waals surface area contributed by atoms with Crippen LogP contribution in [-0.2, 0) is 13.0 Å². The Kier molecular flexibility index (Phi) is 6.31. The third-order valence-corrected chi connectivity index (χ3v) is 6.12. The van der Waals surface area contributed by atoms with E-state index >= 15 is 0 Å². The molecule has 134 valence electrons. The summed E-state index contributed by atoms with van der Waals surface area (Å²) in [5.41, 5.74) is 1.25. The van der Waals surface area contributed by atoms with Gasteiger partial charge in [0.2, 0.25) is 0 Å². The number of guanidine groups is 1. The molecule has 0 spiro atoms. The average Bonchev–Trinajstić information content (AvgIpc) is 3.28. The van der Waals surface area contributed by atoms with Crippen molar-refractivity contribution < 1.29 is 0 Å². The zero-order chi connectivity index (χ0) is 17.6. The molecule has 1 saturated heterocycles. The summed E-state index contributed by atoms with van der Waals surface area (Å²) in [6, 6.07) is 8.77. The molecule has 7 heteroatoms. The van der Waals surface area contributed by atoms with Crippen LogP contribution in [0.4, 0.5) is 5.69 Å².